The number of rotatable bonds is 7. The molecule has 0 amide bonds. The maximum atomic E-state index is 8.65. The SMILES string of the molecule is [C-]#[N+]c1cc(-c2ccc(-c3cc(-c4ccccc4)nc(-c4ccccc4)n3)cc2)ccc1-n1c2ccc(-n3c4ccccc4c4ccccc43)cc2c2cc(-n3c4ccccc4c4ccccc43)ccc21. The molecule has 0 aliphatic rings. The van der Waals surface area contributed by atoms with Crippen molar-refractivity contribution in [3.8, 4) is 62.1 Å². The Balaban J connectivity index is 0.917. The molecule has 6 heteroatoms. The molecule has 0 aliphatic carbocycles. The van der Waals surface area contributed by atoms with Crippen molar-refractivity contribution in [3.63, 3.8) is 0 Å². The average Bonchev–Trinajstić information content (AvgIpc) is 4.08. The second kappa shape index (κ2) is 16.2. The lowest BCUT2D eigenvalue weighted by molar-refractivity contribution is 1.16. The summed E-state index contributed by atoms with van der Waals surface area (Å²) in [4.78, 5) is 14.3. The van der Waals surface area contributed by atoms with Crippen molar-refractivity contribution < 1.29 is 0 Å². The van der Waals surface area contributed by atoms with Crippen LogP contribution in [0.1, 0.15) is 0 Å². The first kappa shape index (κ1) is 40.3. The highest BCUT2D eigenvalue weighted by Gasteiger charge is 2.21. The van der Waals surface area contributed by atoms with E-state index in [2.05, 4.69) is 207 Å². The highest BCUT2D eigenvalue weighted by atomic mass is 15.0. The third-order valence-electron chi connectivity index (χ3n) is 14.1. The van der Waals surface area contributed by atoms with Crippen LogP contribution in [0.3, 0.4) is 0 Å². The summed E-state index contributed by atoms with van der Waals surface area (Å²) in [6.45, 7) is 8.65. The standard InChI is InChI=1S/C65H40N6/c1-66-57-38-46(42-28-30-44(31-29-42)56-41-55(43-16-4-2-5-17-43)67-65(68-56)45-18-6-3-7-19-45)32-35-64(57)71-62-36-33-47(69-58-24-12-8-20-49(58)50-21-9-13-25-59(50)69)39-53(62)54-40-48(34-37-63(54)71)70-60-26-14-10-22-51(60)52-23-11-15-27-61(52)70/h2-41H. The van der Waals surface area contributed by atoms with Crippen molar-refractivity contribution >= 4 is 71.1 Å². The van der Waals surface area contributed by atoms with E-state index in [9.17, 15) is 0 Å². The molecule has 0 saturated carbocycles. The van der Waals surface area contributed by atoms with Gasteiger partial charge in [0, 0.05) is 60.4 Å². The monoisotopic (exact) mass is 904 g/mol. The van der Waals surface area contributed by atoms with E-state index in [1.54, 1.807) is 0 Å². The molecule has 6 nitrogen and oxygen atoms in total. The van der Waals surface area contributed by atoms with Crippen LogP contribution in [0.25, 0.3) is 132 Å². The summed E-state index contributed by atoms with van der Waals surface area (Å²) >= 11 is 0. The fourth-order valence-corrected chi connectivity index (χ4v) is 10.8. The van der Waals surface area contributed by atoms with Gasteiger partial charge in [-0.05, 0) is 90.0 Å². The maximum absolute atomic E-state index is 8.65. The van der Waals surface area contributed by atoms with Gasteiger partial charge in [0.15, 0.2) is 5.82 Å². The van der Waals surface area contributed by atoms with Crippen LogP contribution in [0.4, 0.5) is 5.69 Å². The van der Waals surface area contributed by atoms with Crippen LogP contribution in [-0.4, -0.2) is 23.7 Å². The Bertz CT molecular complexity index is 4120. The Morgan fingerprint density at radius 2 is 0.690 bits per heavy atom. The Morgan fingerprint density at radius 1 is 0.296 bits per heavy atom. The molecule has 0 fully saturated rings. The summed E-state index contributed by atoms with van der Waals surface area (Å²) < 4.78 is 7.04. The van der Waals surface area contributed by atoms with Gasteiger partial charge in [-0.3, -0.25) is 0 Å². The molecule has 4 aromatic heterocycles. The van der Waals surface area contributed by atoms with Crippen LogP contribution in [-0.2, 0) is 0 Å². The van der Waals surface area contributed by atoms with Crippen molar-refractivity contribution in [1.29, 1.82) is 0 Å². The van der Waals surface area contributed by atoms with Gasteiger partial charge in [0.2, 0.25) is 5.69 Å². The number of hydrogen-bond donors (Lipinski definition) is 0. The number of nitrogens with zero attached hydrogens (tertiary/aromatic N) is 6. The van der Waals surface area contributed by atoms with E-state index in [4.69, 9.17) is 16.5 Å². The Kier molecular flexibility index (Phi) is 9.16. The van der Waals surface area contributed by atoms with Gasteiger partial charge in [0.25, 0.3) is 0 Å². The minimum absolute atomic E-state index is 0.569. The molecule has 71 heavy (non-hydrogen) atoms. The molecule has 0 spiro atoms. The van der Waals surface area contributed by atoms with Crippen molar-refractivity contribution in [2.24, 2.45) is 0 Å². The molecule has 330 valence electrons. The lowest BCUT2D eigenvalue weighted by Crippen LogP contribution is -1.97. The van der Waals surface area contributed by atoms with E-state index >= 15 is 0 Å². The van der Waals surface area contributed by atoms with E-state index in [0.717, 1.165) is 100 Å². The molecule has 4 heterocycles. The fourth-order valence-electron chi connectivity index (χ4n) is 10.8. The van der Waals surface area contributed by atoms with Crippen LogP contribution in [0, 0.1) is 6.57 Å². The molecule has 0 atom stereocenters. The molecule has 0 saturated heterocycles. The van der Waals surface area contributed by atoms with Gasteiger partial charge >= 0.3 is 0 Å². The number of fused-ring (bicyclic) bond motifs is 9. The Morgan fingerprint density at radius 3 is 1.17 bits per heavy atom. The average molecular weight is 905 g/mol. The molecule has 0 N–H and O–H groups in total. The highest BCUT2D eigenvalue weighted by molar-refractivity contribution is 6.14. The van der Waals surface area contributed by atoms with Gasteiger partial charge in [-0.25, -0.2) is 14.8 Å². The third-order valence-corrected chi connectivity index (χ3v) is 14.1. The van der Waals surface area contributed by atoms with E-state index in [0.29, 0.717) is 11.5 Å². The van der Waals surface area contributed by atoms with Crippen molar-refractivity contribution in [3.05, 3.63) is 254 Å². The zero-order valence-corrected chi connectivity index (χ0v) is 38.3. The molecule has 14 aromatic rings. The minimum atomic E-state index is 0.569. The summed E-state index contributed by atoms with van der Waals surface area (Å²) in [7, 11) is 0. The summed E-state index contributed by atoms with van der Waals surface area (Å²) in [6.07, 6.45) is 0. The van der Waals surface area contributed by atoms with E-state index in [1.807, 2.05) is 54.6 Å². The van der Waals surface area contributed by atoms with Crippen LogP contribution >= 0.6 is 0 Å². The van der Waals surface area contributed by atoms with Gasteiger partial charge in [0.05, 0.1) is 56.7 Å². The van der Waals surface area contributed by atoms with Gasteiger partial charge in [-0.15, -0.1) is 0 Å². The Hall–Kier alpha value is -9.83. The fraction of sp³-hybridized carbons (Fsp3) is 0. The highest BCUT2D eigenvalue weighted by Crippen LogP contribution is 2.42. The lowest BCUT2D eigenvalue weighted by atomic mass is 10.0. The number of benzene rings is 10. The first-order chi connectivity index (χ1) is 35.2. The summed E-state index contributed by atoms with van der Waals surface area (Å²) in [5.41, 5.74) is 16.9. The zero-order chi connectivity index (χ0) is 47.0. The second-order valence-corrected chi connectivity index (χ2v) is 18.1. The first-order valence-corrected chi connectivity index (χ1v) is 23.8. The lowest BCUT2D eigenvalue weighted by Gasteiger charge is -2.14. The summed E-state index contributed by atoms with van der Waals surface area (Å²) in [6, 6.07) is 85.4. The van der Waals surface area contributed by atoms with Crippen LogP contribution in [0.2, 0.25) is 0 Å². The first-order valence-electron chi connectivity index (χ1n) is 23.8. The normalized spacial score (nSPS) is 11.6. The summed E-state index contributed by atoms with van der Waals surface area (Å²) in [5, 5.41) is 7.10. The molecule has 10 aromatic carbocycles. The van der Waals surface area contributed by atoms with Gasteiger partial charge < -0.3 is 13.7 Å². The zero-order valence-electron chi connectivity index (χ0n) is 38.3. The van der Waals surface area contributed by atoms with Gasteiger partial charge in [-0.1, -0.05) is 164 Å². The topological polar surface area (TPSA) is 44.9 Å². The minimum Gasteiger partial charge on any atom is -0.319 e. The quantitative estimate of drug-likeness (QED) is 0.150. The van der Waals surface area contributed by atoms with E-state index < -0.39 is 0 Å². The Labute approximate surface area is 409 Å². The van der Waals surface area contributed by atoms with Crippen molar-refractivity contribution in [2.75, 3.05) is 0 Å². The van der Waals surface area contributed by atoms with Crippen LogP contribution in [0.15, 0.2) is 243 Å². The predicted molar refractivity (Wildman–Crippen MR) is 293 cm³/mol. The predicted octanol–water partition coefficient (Wildman–Crippen LogP) is 17.0. The maximum Gasteiger partial charge on any atom is 0.211 e. The molecule has 14 rings (SSSR count). The summed E-state index contributed by atoms with van der Waals surface area (Å²) in [5.74, 6) is 0.680. The van der Waals surface area contributed by atoms with Crippen LogP contribution < -0.4 is 0 Å². The van der Waals surface area contributed by atoms with Gasteiger partial charge in [0.1, 0.15) is 0 Å². The number of aromatic nitrogens is 5. The van der Waals surface area contributed by atoms with Crippen molar-refractivity contribution in [1.82, 2.24) is 23.7 Å². The van der Waals surface area contributed by atoms with Crippen molar-refractivity contribution in [2.45, 2.75) is 0 Å². The number of hydrogen-bond acceptors (Lipinski definition) is 2. The van der Waals surface area contributed by atoms with E-state index in [-0.39, 0.29) is 0 Å². The molecule has 0 aliphatic heterocycles. The third kappa shape index (κ3) is 6.49. The smallest absolute Gasteiger partial charge is 0.211 e. The molecule has 0 bridgehead atoms. The molecule has 0 radical (unpaired) electrons. The molecule has 0 unspecified atom stereocenters. The number of para-hydroxylation sites is 4. The molecular weight excluding hydrogens is 865 g/mol. The van der Waals surface area contributed by atoms with E-state index in [1.165, 1.54) is 21.5 Å². The second-order valence-electron chi connectivity index (χ2n) is 18.1. The van der Waals surface area contributed by atoms with Gasteiger partial charge in [-0.2, -0.15) is 0 Å². The largest absolute Gasteiger partial charge is 0.319 e. The van der Waals surface area contributed by atoms with Crippen LogP contribution in [0.5, 0.6) is 0 Å². The molecular formula is C65H40N6.